The van der Waals surface area contributed by atoms with Gasteiger partial charge in [0, 0.05) is 19.5 Å². The highest BCUT2D eigenvalue weighted by atomic mass is 19.1. The largest absolute Gasteiger partial charge is 0.330 e. The molecule has 0 radical (unpaired) electrons. The molecule has 90 valence electrons. The van der Waals surface area contributed by atoms with Gasteiger partial charge in [-0.25, -0.2) is 18.4 Å². The van der Waals surface area contributed by atoms with E-state index < -0.39 is 11.6 Å². The van der Waals surface area contributed by atoms with Crippen molar-refractivity contribution in [3.05, 3.63) is 35.7 Å². The van der Waals surface area contributed by atoms with Gasteiger partial charge in [-0.2, -0.15) is 5.10 Å². The van der Waals surface area contributed by atoms with E-state index >= 15 is 0 Å². The van der Waals surface area contributed by atoms with Crippen molar-refractivity contribution in [1.82, 2.24) is 14.8 Å². The summed E-state index contributed by atoms with van der Waals surface area (Å²) in [7, 11) is 1.66. The Kier molecular flexibility index (Phi) is 3.14. The number of nitrogens with zero attached hydrogens (tertiary/aromatic N) is 3. The third-order valence-electron chi connectivity index (χ3n) is 2.35. The molecule has 2 rings (SSSR count). The summed E-state index contributed by atoms with van der Waals surface area (Å²) in [5.41, 5.74) is 5.62. The van der Waals surface area contributed by atoms with E-state index in [0.29, 0.717) is 24.6 Å². The van der Waals surface area contributed by atoms with Crippen molar-refractivity contribution in [2.75, 3.05) is 6.54 Å². The molecule has 4 nitrogen and oxygen atoms in total. The van der Waals surface area contributed by atoms with Crippen LogP contribution in [0.4, 0.5) is 8.78 Å². The Hall–Kier alpha value is -1.82. The minimum atomic E-state index is -0.653. The van der Waals surface area contributed by atoms with E-state index in [0.717, 1.165) is 6.07 Å². The SMILES string of the molecule is Cn1nc(CCN)nc1-c1ccc(F)cc1F. The number of rotatable bonds is 3. The lowest BCUT2D eigenvalue weighted by atomic mass is 10.2. The van der Waals surface area contributed by atoms with Gasteiger partial charge in [-0.05, 0) is 18.7 Å². The number of benzene rings is 1. The Morgan fingerprint density at radius 1 is 1.35 bits per heavy atom. The highest BCUT2D eigenvalue weighted by Gasteiger charge is 2.13. The van der Waals surface area contributed by atoms with E-state index in [2.05, 4.69) is 10.1 Å². The van der Waals surface area contributed by atoms with Crippen molar-refractivity contribution >= 4 is 0 Å². The molecule has 2 aromatic rings. The van der Waals surface area contributed by atoms with E-state index in [1.165, 1.54) is 16.8 Å². The lowest BCUT2D eigenvalue weighted by Gasteiger charge is -2.01. The Labute approximate surface area is 97.1 Å². The lowest BCUT2D eigenvalue weighted by Crippen LogP contribution is -2.04. The van der Waals surface area contributed by atoms with Gasteiger partial charge in [0.15, 0.2) is 11.6 Å². The summed E-state index contributed by atoms with van der Waals surface area (Å²) in [6.07, 6.45) is 0.524. The summed E-state index contributed by atoms with van der Waals surface area (Å²) in [5.74, 6) is -0.352. The van der Waals surface area contributed by atoms with E-state index in [-0.39, 0.29) is 5.56 Å². The average Bonchev–Trinajstić information content (AvgIpc) is 2.60. The number of hydrogen-bond acceptors (Lipinski definition) is 3. The van der Waals surface area contributed by atoms with Crippen LogP contribution in [-0.4, -0.2) is 21.3 Å². The second-order valence-corrected chi connectivity index (χ2v) is 3.64. The Bertz CT molecular complexity index is 536. The van der Waals surface area contributed by atoms with Crippen LogP contribution in [0.25, 0.3) is 11.4 Å². The fraction of sp³-hybridized carbons (Fsp3) is 0.273. The fourth-order valence-electron chi connectivity index (χ4n) is 1.58. The summed E-state index contributed by atoms with van der Waals surface area (Å²) < 4.78 is 27.8. The number of hydrogen-bond donors (Lipinski definition) is 1. The van der Waals surface area contributed by atoms with Crippen molar-refractivity contribution in [1.29, 1.82) is 0 Å². The Morgan fingerprint density at radius 2 is 2.12 bits per heavy atom. The zero-order valence-corrected chi connectivity index (χ0v) is 9.32. The minimum Gasteiger partial charge on any atom is -0.330 e. The topological polar surface area (TPSA) is 56.7 Å². The standard InChI is InChI=1S/C11H12F2N4/c1-17-11(15-10(16-17)4-5-14)8-3-2-7(12)6-9(8)13/h2-3,6H,4-5,14H2,1H3. The normalized spacial score (nSPS) is 10.8. The third kappa shape index (κ3) is 2.31. The number of aryl methyl sites for hydroxylation is 1. The molecule has 0 aliphatic carbocycles. The maximum Gasteiger partial charge on any atom is 0.161 e. The molecule has 0 spiro atoms. The third-order valence-corrected chi connectivity index (χ3v) is 2.35. The molecule has 0 bridgehead atoms. The van der Waals surface area contributed by atoms with Crippen LogP contribution in [-0.2, 0) is 13.5 Å². The van der Waals surface area contributed by atoms with Crippen LogP contribution in [0.5, 0.6) is 0 Å². The monoisotopic (exact) mass is 238 g/mol. The summed E-state index contributed by atoms with van der Waals surface area (Å²) in [6.45, 7) is 0.426. The maximum absolute atomic E-state index is 13.6. The van der Waals surface area contributed by atoms with Gasteiger partial charge in [0.1, 0.15) is 11.6 Å². The second kappa shape index (κ2) is 4.58. The molecule has 17 heavy (non-hydrogen) atoms. The minimum absolute atomic E-state index is 0.227. The van der Waals surface area contributed by atoms with Gasteiger partial charge in [-0.1, -0.05) is 0 Å². The van der Waals surface area contributed by atoms with Crippen LogP contribution in [0.1, 0.15) is 5.82 Å². The predicted octanol–water partition coefficient (Wildman–Crippen LogP) is 1.26. The number of aromatic nitrogens is 3. The molecular weight excluding hydrogens is 226 g/mol. The molecule has 1 aromatic heterocycles. The van der Waals surface area contributed by atoms with E-state index in [1.807, 2.05) is 0 Å². The zero-order valence-electron chi connectivity index (χ0n) is 9.32. The van der Waals surface area contributed by atoms with Crippen molar-refractivity contribution in [2.24, 2.45) is 12.8 Å². The second-order valence-electron chi connectivity index (χ2n) is 3.64. The van der Waals surface area contributed by atoms with E-state index in [1.54, 1.807) is 7.05 Å². The smallest absolute Gasteiger partial charge is 0.161 e. The molecule has 0 fully saturated rings. The van der Waals surface area contributed by atoms with Gasteiger partial charge < -0.3 is 5.73 Å². The van der Waals surface area contributed by atoms with Crippen LogP contribution >= 0.6 is 0 Å². The van der Waals surface area contributed by atoms with Gasteiger partial charge in [0.2, 0.25) is 0 Å². The highest BCUT2D eigenvalue weighted by molar-refractivity contribution is 5.56. The van der Waals surface area contributed by atoms with Crippen molar-refractivity contribution in [2.45, 2.75) is 6.42 Å². The summed E-state index contributed by atoms with van der Waals surface area (Å²) in [5, 5.41) is 4.11. The lowest BCUT2D eigenvalue weighted by molar-refractivity contribution is 0.583. The molecule has 0 atom stereocenters. The maximum atomic E-state index is 13.6. The number of nitrogens with two attached hydrogens (primary N) is 1. The van der Waals surface area contributed by atoms with Gasteiger partial charge in [-0.3, -0.25) is 0 Å². The first-order valence-corrected chi connectivity index (χ1v) is 5.17. The Balaban J connectivity index is 2.45. The van der Waals surface area contributed by atoms with Gasteiger partial charge in [0.05, 0.1) is 5.56 Å². The zero-order chi connectivity index (χ0) is 12.4. The van der Waals surface area contributed by atoms with Crippen molar-refractivity contribution in [3.63, 3.8) is 0 Å². The molecule has 0 aliphatic rings. The van der Waals surface area contributed by atoms with Gasteiger partial charge >= 0.3 is 0 Å². The van der Waals surface area contributed by atoms with Crippen LogP contribution < -0.4 is 5.73 Å². The highest BCUT2D eigenvalue weighted by Crippen LogP contribution is 2.21. The molecule has 1 aromatic carbocycles. The molecule has 0 unspecified atom stereocenters. The predicted molar refractivity (Wildman–Crippen MR) is 59.1 cm³/mol. The van der Waals surface area contributed by atoms with Crippen LogP contribution in [0, 0.1) is 11.6 Å². The molecule has 0 saturated heterocycles. The molecule has 2 N–H and O–H groups in total. The first kappa shape index (κ1) is 11.7. The van der Waals surface area contributed by atoms with Crippen molar-refractivity contribution in [3.8, 4) is 11.4 Å². The van der Waals surface area contributed by atoms with Gasteiger partial charge in [-0.15, -0.1) is 0 Å². The fourth-order valence-corrected chi connectivity index (χ4v) is 1.58. The number of halogens is 2. The quantitative estimate of drug-likeness (QED) is 0.875. The van der Waals surface area contributed by atoms with Gasteiger partial charge in [0.25, 0.3) is 0 Å². The van der Waals surface area contributed by atoms with E-state index in [4.69, 9.17) is 5.73 Å². The van der Waals surface area contributed by atoms with E-state index in [9.17, 15) is 8.78 Å². The summed E-state index contributed by atoms with van der Waals surface area (Å²) in [6, 6.07) is 3.36. The van der Waals surface area contributed by atoms with Crippen LogP contribution in [0.15, 0.2) is 18.2 Å². The van der Waals surface area contributed by atoms with Crippen molar-refractivity contribution < 1.29 is 8.78 Å². The van der Waals surface area contributed by atoms with Crippen LogP contribution in [0.2, 0.25) is 0 Å². The summed E-state index contributed by atoms with van der Waals surface area (Å²) in [4.78, 5) is 4.17. The summed E-state index contributed by atoms with van der Waals surface area (Å²) >= 11 is 0. The van der Waals surface area contributed by atoms with Crippen LogP contribution in [0.3, 0.4) is 0 Å². The Morgan fingerprint density at radius 3 is 2.76 bits per heavy atom. The molecule has 0 saturated carbocycles. The molecular formula is C11H12F2N4. The average molecular weight is 238 g/mol. The molecule has 0 amide bonds. The first-order valence-electron chi connectivity index (χ1n) is 5.17. The molecule has 6 heteroatoms. The molecule has 0 aliphatic heterocycles. The first-order chi connectivity index (χ1) is 8.11. The molecule has 1 heterocycles.